The molecule has 1 aromatic rings. The van der Waals surface area contributed by atoms with Crippen molar-refractivity contribution in [1.82, 2.24) is 0 Å². The van der Waals surface area contributed by atoms with E-state index in [0.29, 0.717) is 11.4 Å². The van der Waals surface area contributed by atoms with Gasteiger partial charge in [0.1, 0.15) is 0 Å². The molecule has 0 aliphatic carbocycles. The molecule has 0 fully saturated rings. The van der Waals surface area contributed by atoms with Crippen LogP contribution in [0.4, 0.5) is 11.4 Å². The minimum atomic E-state index is -0.999. The molecule has 0 spiro atoms. The Hall–Kier alpha value is -1.71. The van der Waals surface area contributed by atoms with Gasteiger partial charge in [-0.2, -0.15) is 0 Å². The van der Waals surface area contributed by atoms with Crippen LogP contribution in [0.5, 0.6) is 0 Å². The Labute approximate surface area is 102 Å². The van der Waals surface area contributed by atoms with Crippen molar-refractivity contribution < 1.29 is 9.90 Å². The van der Waals surface area contributed by atoms with Gasteiger partial charge in [-0.05, 0) is 31.9 Å². The second-order valence-electron chi connectivity index (χ2n) is 4.46. The van der Waals surface area contributed by atoms with E-state index in [1.54, 1.807) is 6.07 Å². The molecular formula is C13H20N2O2. The molecule has 1 aromatic carbocycles. The maximum atomic E-state index is 11.0. The Balaban J connectivity index is 3.08. The minimum Gasteiger partial charge on any atom is -0.478 e. The van der Waals surface area contributed by atoms with E-state index in [0.717, 1.165) is 12.8 Å². The van der Waals surface area contributed by atoms with E-state index in [-0.39, 0.29) is 11.1 Å². The third-order valence-corrected chi connectivity index (χ3v) is 3.33. The number of carboxylic acids is 1. The standard InChI is InChI=1S/C13H20N2O2/c1-4-13(3,5-2)15-10-8-6-7-9(11(10)14)12(16)17/h6-8,15H,4-5,14H2,1-3H3,(H,16,17). The lowest BCUT2D eigenvalue weighted by atomic mass is 9.94. The Morgan fingerprint density at radius 1 is 1.41 bits per heavy atom. The van der Waals surface area contributed by atoms with Gasteiger partial charge in [0.05, 0.1) is 16.9 Å². The first-order valence-electron chi connectivity index (χ1n) is 5.83. The third kappa shape index (κ3) is 2.90. The number of nitrogens with two attached hydrogens (primary N) is 1. The highest BCUT2D eigenvalue weighted by Crippen LogP contribution is 2.28. The van der Waals surface area contributed by atoms with Gasteiger partial charge < -0.3 is 16.2 Å². The maximum Gasteiger partial charge on any atom is 0.337 e. The molecule has 1 rings (SSSR count). The van der Waals surface area contributed by atoms with Crippen LogP contribution in [-0.2, 0) is 0 Å². The molecular weight excluding hydrogens is 216 g/mol. The molecule has 0 saturated carbocycles. The average molecular weight is 236 g/mol. The first kappa shape index (κ1) is 13.4. The smallest absolute Gasteiger partial charge is 0.337 e. The molecule has 0 amide bonds. The summed E-state index contributed by atoms with van der Waals surface area (Å²) < 4.78 is 0. The minimum absolute atomic E-state index is 0.0642. The van der Waals surface area contributed by atoms with Gasteiger partial charge in [-0.1, -0.05) is 19.9 Å². The number of anilines is 2. The molecule has 0 saturated heterocycles. The predicted octanol–water partition coefficient (Wildman–Crippen LogP) is 2.96. The zero-order valence-corrected chi connectivity index (χ0v) is 10.6. The van der Waals surface area contributed by atoms with Gasteiger partial charge in [0.2, 0.25) is 0 Å². The maximum absolute atomic E-state index is 11.0. The molecule has 0 bridgehead atoms. The fourth-order valence-electron chi connectivity index (χ4n) is 1.61. The summed E-state index contributed by atoms with van der Waals surface area (Å²) in [7, 11) is 0. The summed E-state index contributed by atoms with van der Waals surface area (Å²) in [4.78, 5) is 11.0. The summed E-state index contributed by atoms with van der Waals surface area (Å²) in [6, 6.07) is 5.03. The molecule has 4 heteroatoms. The van der Waals surface area contributed by atoms with E-state index in [1.807, 2.05) is 6.07 Å². The number of carbonyl (C=O) groups is 1. The number of nitrogens with one attached hydrogen (secondary N) is 1. The lowest BCUT2D eigenvalue weighted by Crippen LogP contribution is -2.33. The number of nitrogen functional groups attached to an aromatic ring is 1. The van der Waals surface area contributed by atoms with Crippen molar-refractivity contribution in [2.45, 2.75) is 39.2 Å². The second kappa shape index (κ2) is 5.08. The van der Waals surface area contributed by atoms with Gasteiger partial charge in [0, 0.05) is 5.54 Å². The summed E-state index contributed by atoms with van der Waals surface area (Å²) >= 11 is 0. The van der Waals surface area contributed by atoms with E-state index >= 15 is 0 Å². The number of hydrogen-bond donors (Lipinski definition) is 3. The van der Waals surface area contributed by atoms with Gasteiger partial charge in [-0.15, -0.1) is 0 Å². The van der Waals surface area contributed by atoms with Crippen molar-refractivity contribution in [3.05, 3.63) is 23.8 Å². The zero-order chi connectivity index (χ0) is 13.1. The van der Waals surface area contributed by atoms with Gasteiger partial charge in [-0.25, -0.2) is 4.79 Å². The van der Waals surface area contributed by atoms with Crippen molar-refractivity contribution in [2.75, 3.05) is 11.1 Å². The largest absolute Gasteiger partial charge is 0.478 e. The number of benzene rings is 1. The summed E-state index contributed by atoms with van der Waals surface area (Å²) in [5.41, 5.74) is 6.93. The number of hydrogen-bond acceptors (Lipinski definition) is 3. The molecule has 4 N–H and O–H groups in total. The second-order valence-corrected chi connectivity index (χ2v) is 4.46. The molecule has 0 atom stereocenters. The zero-order valence-electron chi connectivity index (χ0n) is 10.6. The summed E-state index contributed by atoms with van der Waals surface area (Å²) in [6.45, 7) is 6.28. The van der Waals surface area contributed by atoms with Crippen LogP contribution in [0.25, 0.3) is 0 Å². The van der Waals surface area contributed by atoms with E-state index in [9.17, 15) is 4.79 Å². The molecule has 0 aliphatic heterocycles. The van der Waals surface area contributed by atoms with E-state index in [2.05, 4.69) is 26.1 Å². The van der Waals surface area contributed by atoms with Gasteiger partial charge >= 0.3 is 5.97 Å². The van der Waals surface area contributed by atoms with Crippen LogP contribution in [0.1, 0.15) is 44.0 Å². The quantitative estimate of drug-likeness (QED) is 0.687. The molecule has 4 nitrogen and oxygen atoms in total. The summed E-state index contributed by atoms with van der Waals surface area (Å²) in [5.74, 6) is -0.999. The SMILES string of the molecule is CCC(C)(CC)Nc1cccc(C(=O)O)c1N. The lowest BCUT2D eigenvalue weighted by molar-refractivity contribution is 0.0698. The Morgan fingerprint density at radius 3 is 2.47 bits per heavy atom. The van der Waals surface area contributed by atoms with Crippen molar-refractivity contribution in [1.29, 1.82) is 0 Å². The van der Waals surface area contributed by atoms with E-state index < -0.39 is 5.97 Å². The lowest BCUT2D eigenvalue weighted by Gasteiger charge is -2.30. The first-order chi connectivity index (χ1) is 7.93. The van der Waals surface area contributed by atoms with Crippen LogP contribution in [0.3, 0.4) is 0 Å². The monoisotopic (exact) mass is 236 g/mol. The number of para-hydroxylation sites is 1. The molecule has 0 aromatic heterocycles. The first-order valence-corrected chi connectivity index (χ1v) is 5.83. The molecule has 0 radical (unpaired) electrons. The van der Waals surface area contributed by atoms with Gasteiger partial charge in [0.15, 0.2) is 0 Å². The number of rotatable bonds is 5. The number of aromatic carboxylic acids is 1. The fraction of sp³-hybridized carbons (Fsp3) is 0.462. The predicted molar refractivity (Wildman–Crippen MR) is 70.4 cm³/mol. The summed E-state index contributed by atoms with van der Waals surface area (Å²) in [5, 5.41) is 12.3. The Kier molecular flexibility index (Phi) is 3.99. The van der Waals surface area contributed by atoms with Crippen LogP contribution < -0.4 is 11.1 Å². The van der Waals surface area contributed by atoms with Crippen LogP contribution in [-0.4, -0.2) is 16.6 Å². The topological polar surface area (TPSA) is 75.3 Å². The highest BCUT2D eigenvalue weighted by Gasteiger charge is 2.21. The highest BCUT2D eigenvalue weighted by molar-refractivity contribution is 5.97. The van der Waals surface area contributed by atoms with Crippen molar-refractivity contribution >= 4 is 17.3 Å². The Bertz CT molecular complexity index is 412. The Morgan fingerprint density at radius 2 is 2.00 bits per heavy atom. The molecule has 94 valence electrons. The molecule has 0 aliphatic rings. The van der Waals surface area contributed by atoms with Crippen molar-refractivity contribution in [3.63, 3.8) is 0 Å². The van der Waals surface area contributed by atoms with Gasteiger partial charge in [-0.3, -0.25) is 0 Å². The molecule has 0 heterocycles. The molecule has 0 unspecified atom stereocenters. The van der Waals surface area contributed by atoms with Crippen molar-refractivity contribution in [2.24, 2.45) is 0 Å². The van der Waals surface area contributed by atoms with Gasteiger partial charge in [0.25, 0.3) is 0 Å². The van der Waals surface area contributed by atoms with Crippen LogP contribution in [0.15, 0.2) is 18.2 Å². The van der Waals surface area contributed by atoms with Crippen LogP contribution in [0.2, 0.25) is 0 Å². The van der Waals surface area contributed by atoms with E-state index in [1.165, 1.54) is 6.07 Å². The van der Waals surface area contributed by atoms with Crippen LogP contribution in [0, 0.1) is 0 Å². The number of carboxylic acid groups (broad SMARTS) is 1. The normalized spacial score (nSPS) is 11.2. The molecule has 17 heavy (non-hydrogen) atoms. The van der Waals surface area contributed by atoms with Crippen molar-refractivity contribution in [3.8, 4) is 0 Å². The van der Waals surface area contributed by atoms with E-state index in [4.69, 9.17) is 10.8 Å². The highest BCUT2D eigenvalue weighted by atomic mass is 16.4. The fourth-order valence-corrected chi connectivity index (χ4v) is 1.61. The third-order valence-electron chi connectivity index (χ3n) is 3.33. The summed E-state index contributed by atoms with van der Waals surface area (Å²) in [6.07, 6.45) is 1.89. The van der Waals surface area contributed by atoms with Crippen LogP contribution >= 0.6 is 0 Å². The average Bonchev–Trinajstić information content (AvgIpc) is 2.31.